The van der Waals surface area contributed by atoms with E-state index in [2.05, 4.69) is 209 Å². The van der Waals surface area contributed by atoms with Gasteiger partial charge in [-0.15, -0.1) is 22.7 Å². The van der Waals surface area contributed by atoms with Gasteiger partial charge in [-0.2, -0.15) is 0 Å². The second kappa shape index (κ2) is 15.4. The summed E-state index contributed by atoms with van der Waals surface area (Å²) in [5, 5.41) is 9.68. The predicted molar refractivity (Wildman–Crippen MR) is 319 cm³/mol. The molecule has 364 valence electrons. The molecule has 4 aliphatic rings. The van der Waals surface area contributed by atoms with Crippen LogP contribution in [-0.4, -0.2) is 7.28 Å². The Labute approximate surface area is 437 Å². The van der Waals surface area contributed by atoms with Crippen molar-refractivity contribution < 1.29 is 0 Å². The Balaban J connectivity index is 1.15. The fourth-order valence-corrected chi connectivity index (χ4v) is 16.4. The normalized spacial score (nSPS) is 19.6. The minimum atomic E-state index is 0.0265. The van der Waals surface area contributed by atoms with Crippen molar-refractivity contribution in [2.45, 2.75) is 161 Å². The number of hydrogen-bond donors (Lipinski definition) is 1. The molecule has 0 unspecified atom stereocenters. The van der Waals surface area contributed by atoms with Crippen LogP contribution in [0.1, 0.15) is 161 Å². The summed E-state index contributed by atoms with van der Waals surface area (Å²) in [6.45, 7) is 32.0. The quantitative estimate of drug-likeness (QED) is 0.177. The van der Waals surface area contributed by atoms with Gasteiger partial charge < -0.3 is 10.2 Å². The molecule has 3 aliphatic carbocycles. The molecule has 1 aliphatic heterocycles. The maximum Gasteiger partial charge on any atom is 0.198 e. The predicted octanol–water partition coefficient (Wildman–Crippen LogP) is 18.4. The molecule has 2 aromatic heterocycles. The van der Waals surface area contributed by atoms with E-state index in [-0.39, 0.29) is 32.5 Å². The lowest BCUT2D eigenvalue weighted by molar-refractivity contribution is 0.332. The third kappa shape index (κ3) is 6.84. The number of benzene rings is 7. The molecule has 1 N–H and O–H groups in total. The number of fused-ring (bicyclic) bond motifs is 12. The van der Waals surface area contributed by atoms with E-state index >= 15 is 0 Å². The van der Waals surface area contributed by atoms with Crippen molar-refractivity contribution in [3.63, 3.8) is 0 Å². The summed E-state index contributed by atoms with van der Waals surface area (Å²) in [5.41, 5.74) is 22.7. The van der Waals surface area contributed by atoms with E-state index in [0.717, 1.165) is 13.7 Å². The number of aryl methyl sites for hydroxylation is 1. The minimum Gasteiger partial charge on any atom is -0.355 e. The van der Waals surface area contributed by atoms with Gasteiger partial charge >= 0.3 is 0 Å². The monoisotopic (exact) mass is 979 g/mol. The van der Waals surface area contributed by atoms with Gasteiger partial charge in [-0.25, -0.2) is 0 Å². The Hall–Kier alpha value is -5.36. The summed E-state index contributed by atoms with van der Waals surface area (Å²) in [6.07, 6.45) is 7.10. The zero-order valence-electron chi connectivity index (χ0n) is 45.1. The molecule has 7 aromatic carbocycles. The summed E-state index contributed by atoms with van der Waals surface area (Å²) in [5.74, 6) is 0. The van der Waals surface area contributed by atoms with Crippen molar-refractivity contribution >= 4 is 110 Å². The Morgan fingerprint density at radius 2 is 1.01 bits per heavy atom. The number of anilines is 5. The Kier molecular flexibility index (Phi) is 9.91. The molecule has 5 heteroatoms. The highest BCUT2D eigenvalue weighted by Crippen LogP contribution is 2.56. The summed E-state index contributed by atoms with van der Waals surface area (Å²) in [7, 11) is 0.844. The van der Waals surface area contributed by atoms with Crippen LogP contribution in [0.2, 0.25) is 0 Å². The molecule has 0 saturated heterocycles. The van der Waals surface area contributed by atoms with Crippen LogP contribution in [-0.2, 0) is 32.5 Å². The first-order chi connectivity index (χ1) is 34.0. The lowest BCUT2D eigenvalue weighted by Gasteiger charge is -2.44. The van der Waals surface area contributed by atoms with Gasteiger partial charge in [0.05, 0.1) is 0 Å². The molecule has 13 rings (SSSR count). The highest BCUT2D eigenvalue weighted by molar-refractivity contribution is 7.26. The highest BCUT2D eigenvalue weighted by atomic mass is 32.1. The fraction of sp³-hybridized carbons (Fsp3) is 0.373. The summed E-state index contributed by atoms with van der Waals surface area (Å²) >= 11 is 3.92. The van der Waals surface area contributed by atoms with Gasteiger partial charge in [-0.05, 0) is 183 Å². The molecule has 0 radical (unpaired) electrons. The lowest BCUT2D eigenvalue weighted by Crippen LogP contribution is -2.41. The van der Waals surface area contributed by atoms with E-state index < -0.39 is 0 Å². The standard InChI is InChI=1S/C67H71BN2S2/c1-38-32-45-49(67(12,13)31-28-63(45,4)5)37-52(38)70-53-35-42-40-18-14-16-20-54(40)72-61(42)58(59(53)68-50-24-25-56-57(60(50)70)41-19-15-17-21-55(41)71-56)43-34-47-48(66(10,11)30-29-65(47,8)9)36-51(43)69-39-22-23-44-46(33-39)64(6,7)27-26-62(44,2)3/h14-25,32-37,68-69H,26-31H2,1-13H3. The van der Waals surface area contributed by atoms with Gasteiger partial charge in [-0.1, -0.05) is 143 Å². The Bertz CT molecular complexity index is 3790. The van der Waals surface area contributed by atoms with Crippen LogP contribution in [0.15, 0.2) is 109 Å². The van der Waals surface area contributed by atoms with Gasteiger partial charge in [0.15, 0.2) is 7.28 Å². The molecule has 0 atom stereocenters. The number of nitrogens with zero attached hydrogens (tertiary/aromatic N) is 1. The number of hydrogen-bond acceptors (Lipinski definition) is 4. The zero-order valence-corrected chi connectivity index (χ0v) is 46.7. The molecule has 0 spiro atoms. The van der Waals surface area contributed by atoms with Crippen LogP contribution in [0.5, 0.6) is 0 Å². The van der Waals surface area contributed by atoms with Gasteiger partial charge in [0.2, 0.25) is 0 Å². The zero-order chi connectivity index (χ0) is 50.2. The second-order valence-corrected chi connectivity index (χ2v) is 28.7. The molecular formula is C67H71BN2S2. The third-order valence-electron chi connectivity index (χ3n) is 19.0. The van der Waals surface area contributed by atoms with Crippen molar-refractivity contribution in [2.24, 2.45) is 0 Å². The number of thiophene rings is 2. The van der Waals surface area contributed by atoms with Crippen molar-refractivity contribution in [2.75, 3.05) is 10.2 Å². The van der Waals surface area contributed by atoms with E-state index in [1.54, 1.807) is 0 Å². The Morgan fingerprint density at radius 3 is 1.67 bits per heavy atom. The summed E-state index contributed by atoms with van der Waals surface area (Å²) < 4.78 is 5.43. The van der Waals surface area contributed by atoms with E-state index in [9.17, 15) is 0 Å². The van der Waals surface area contributed by atoms with E-state index in [4.69, 9.17) is 0 Å². The molecular weight excluding hydrogens is 908 g/mol. The van der Waals surface area contributed by atoms with E-state index in [1.165, 1.54) is 162 Å². The summed E-state index contributed by atoms with van der Waals surface area (Å²) in [4.78, 5) is 2.77. The maximum atomic E-state index is 4.26. The average molecular weight is 979 g/mol. The van der Waals surface area contributed by atoms with Crippen molar-refractivity contribution in [1.82, 2.24) is 0 Å². The van der Waals surface area contributed by atoms with Crippen LogP contribution in [0.4, 0.5) is 28.4 Å². The fourth-order valence-electron chi connectivity index (χ4n) is 14.0. The van der Waals surface area contributed by atoms with Crippen LogP contribution >= 0.6 is 22.7 Å². The van der Waals surface area contributed by atoms with E-state index in [0.29, 0.717) is 0 Å². The minimum absolute atomic E-state index is 0.0265. The highest BCUT2D eigenvalue weighted by Gasteiger charge is 2.42. The molecule has 0 amide bonds. The van der Waals surface area contributed by atoms with Crippen molar-refractivity contribution in [3.05, 3.63) is 148 Å². The van der Waals surface area contributed by atoms with Crippen LogP contribution in [0.3, 0.4) is 0 Å². The smallest absolute Gasteiger partial charge is 0.198 e. The van der Waals surface area contributed by atoms with Crippen LogP contribution in [0.25, 0.3) is 51.5 Å². The second-order valence-electron chi connectivity index (χ2n) is 26.6. The van der Waals surface area contributed by atoms with Crippen molar-refractivity contribution in [3.8, 4) is 11.1 Å². The first-order valence-corrected chi connectivity index (χ1v) is 28.6. The van der Waals surface area contributed by atoms with Gasteiger partial charge in [-0.3, -0.25) is 0 Å². The molecule has 3 heterocycles. The molecule has 72 heavy (non-hydrogen) atoms. The van der Waals surface area contributed by atoms with Crippen LogP contribution in [0, 0.1) is 6.92 Å². The SMILES string of the molecule is Cc1cc2c(cc1N1c3cc4c(sc5ccccc54)c(-c4cc5c(cc4Nc4ccc6c(c4)C(C)(C)CCC6(C)C)C(C)(C)CCC5(C)C)c3Bc3ccc4sc5ccccc5c4c31)C(C)(C)CCC2(C)C. The third-order valence-corrected chi connectivity index (χ3v) is 21.3. The van der Waals surface area contributed by atoms with E-state index in [1.807, 2.05) is 22.7 Å². The number of nitrogens with one attached hydrogen (secondary N) is 1. The average Bonchev–Trinajstić information content (AvgIpc) is 3.91. The van der Waals surface area contributed by atoms with Crippen molar-refractivity contribution in [1.29, 1.82) is 0 Å². The van der Waals surface area contributed by atoms with Crippen LogP contribution < -0.4 is 21.1 Å². The van der Waals surface area contributed by atoms with Gasteiger partial charge in [0.1, 0.15) is 0 Å². The van der Waals surface area contributed by atoms with Gasteiger partial charge in [0.25, 0.3) is 0 Å². The first-order valence-electron chi connectivity index (χ1n) is 27.0. The molecule has 9 aromatic rings. The molecule has 0 fully saturated rings. The first kappa shape index (κ1) is 46.4. The molecule has 2 nitrogen and oxygen atoms in total. The largest absolute Gasteiger partial charge is 0.355 e. The molecule has 0 saturated carbocycles. The lowest BCUT2D eigenvalue weighted by atomic mass is 9.57. The summed E-state index contributed by atoms with van der Waals surface area (Å²) in [6, 6.07) is 43.7. The number of rotatable bonds is 4. The maximum absolute atomic E-state index is 4.26. The Morgan fingerprint density at radius 1 is 0.472 bits per heavy atom. The van der Waals surface area contributed by atoms with Gasteiger partial charge in [0, 0.05) is 74.3 Å². The topological polar surface area (TPSA) is 15.3 Å². The molecule has 0 bridgehead atoms.